The molecule has 1 aliphatic rings. The molecule has 0 fully saturated rings. The number of ether oxygens (including phenoxy) is 3. The third kappa shape index (κ3) is 4.29. The van der Waals surface area contributed by atoms with E-state index in [1.54, 1.807) is 27.2 Å². The van der Waals surface area contributed by atoms with Gasteiger partial charge >= 0.3 is 5.97 Å². The molecule has 0 saturated heterocycles. The van der Waals surface area contributed by atoms with Crippen molar-refractivity contribution in [3.8, 4) is 11.5 Å². The number of Topliss-reactive ketones (excluding diaryl/α,β-unsaturated/α-hetero) is 1. The Kier molecular flexibility index (Phi) is 6.58. The number of carbonyl (C=O) groups excluding carboxylic acids is 2. The SMILES string of the molecule is CCOC(=O)C1CN(Cc2ccc(OC)cc2OC)c2nc(SC)ncc2C1=O. The summed E-state index contributed by atoms with van der Waals surface area (Å²) in [7, 11) is 3.17. The summed E-state index contributed by atoms with van der Waals surface area (Å²) >= 11 is 1.39. The first-order valence-electron chi connectivity index (χ1n) is 9.10. The predicted molar refractivity (Wildman–Crippen MR) is 109 cm³/mol. The van der Waals surface area contributed by atoms with Gasteiger partial charge in [0, 0.05) is 30.9 Å². The molecule has 0 saturated carbocycles. The molecule has 1 unspecified atom stereocenters. The van der Waals surface area contributed by atoms with Crippen LogP contribution in [0, 0.1) is 5.92 Å². The van der Waals surface area contributed by atoms with Crippen molar-refractivity contribution in [1.29, 1.82) is 0 Å². The van der Waals surface area contributed by atoms with Crippen molar-refractivity contribution in [1.82, 2.24) is 9.97 Å². The van der Waals surface area contributed by atoms with Crippen LogP contribution in [0.5, 0.6) is 11.5 Å². The Hall–Kier alpha value is -2.81. The molecule has 1 aliphatic heterocycles. The second-order valence-corrected chi connectivity index (χ2v) is 7.09. The maximum absolute atomic E-state index is 12.9. The standard InChI is InChI=1S/C20H23N3O5S/c1-5-28-19(25)15-11-23(10-12-6-7-13(26-2)8-16(12)27-3)18-14(17(15)24)9-21-20(22-18)29-4/h6-9,15H,5,10-11H2,1-4H3. The minimum Gasteiger partial charge on any atom is -0.497 e. The Morgan fingerprint density at radius 3 is 2.76 bits per heavy atom. The first-order valence-corrected chi connectivity index (χ1v) is 10.3. The van der Waals surface area contributed by atoms with Gasteiger partial charge in [-0.1, -0.05) is 11.8 Å². The molecule has 3 rings (SSSR count). The van der Waals surface area contributed by atoms with E-state index in [4.69, 9.17) is 14.2 Å². The van der Waals surface area contributed by atoms with E-state index in [0.29, 0.717) is 34.6 Å². The van der Waals surface area contributed by atoms with E-state index in [1.807, 2.05) is 23.3 Å². The molecular weight excluding hydrogens is 394 g/mol. The number of benzene rings is 1. The van der Waals surface area contributed by atoms with Crippen molar-refractivity contribution in [3.63, 3.8) is 0 Å². The summed E-state index contributed by atoms with van der Waals surface area (Å²) in [6.07, 6.45) is 3.35. The van der Waals surface area contributed by atoms with Crippen molar-refractivity contribution < 1.29 is 23.8 Å². The zero-order valence-electron chi connectivity index (χ0n) is 16.8. The second kappa shape index (κ2) is 9.13. The van der Waals surface area contributed by atoms with Gasteiger partial charge in [0.15, 0.2) is 10.9 Å². The molecule has 1 aromatic carbocycles. The Labute approximate surface area is 173 Å². The average Bonchev–Trinajstić information content (AvgIpc) is 2.75. The van der Waals surface area contributed by atoms with E-state index in [-0.39, 0.29) is 18.9 Å². The van der Waals surface area contributed by atoms with Crippen LogP contribution in [0.2, 0.25) is 0 Å². The highest BCUT2D eigenvalue weighted by Gasteiger charge is 2.39. The van der Waals surface area contributed by atoms with Gasteiger partial charge in [-0.25, -0.2) is 9.97 Å². The number of fused-ring (bicyclic) bond motifs is 1. The fraction of sp³-hybridized carbons (Fsp3) is 0.400. The molecule has 9 heteroatoms. The van der Waals surface area contributed by atoms with E-state index < -0.39 is 11.9 Å². The topological polar surface area (TPSA) is 90.8 Å². The number of methoxy groups -OCH3 is 2. The van der Waals surface area contributed by atoms with Crippen LogP contribution in [0.1, 0.15) is 22.8 Å². The Balaban J connectivity index is 2.01. The van der Waals surface area contributed by atoms with E-state index in [0.717, 1.165) is 5.56 Å². The normalized spacial score (nSPS) is 15.7. The zero-order chi connectivity index (χ0) is 21.0. The number of hydrogen-bond donors (Lipinski definition) is 0. The molecule has 2 aromatic rings. The number of anilines is 1. The molecule has 0 aliphatic carbocycles. The van der Waals surface area contributed by atoms with E-state index in [2.05, 4.69) is 9.97 Å². The van der Waals surface area contributed by atoms with Crippen LogP contribution in [0.15, 0.2) is 29.6 Å². The third-order valence-electron chi connectivity index (χ3n) is 4.64. The van der Waals surface area contributed by atoms with Crippen LogP contribution >= 0.6 is 11.8 Å². The highest BCUT2D eigenvalue weighted by atomic mass is 32.2. The van der Waals surface area contributed by atoms with Crippen LogP contribution in [0.4, 0.5) is 5.82 Å². The van der Waals surface area contributed by atoms with Gasteiger partial charge in [0.25, 0.3) is 0 Å². The lowest BCUT2D eigenvalue weighted by atomic mass is 9.93. The molecule has 154 valence electrons. The maximum atomic E-state index is 12.9. The van der Waals surface area contributed by atoms with Gasteiger partial charge in [-0.05, 0) is 25.3 Å². The first-order chi connectivity index (χ1) is 14.0. The molecule has 0 N–H and O–H groups in total. The summed E-state index contributed by atoms with van der Waals surface area (Å²) in [4.78, 5) is 35.9. The van der Waals surface area contributed by atoms with Gasteiger partial charge < -0.3 is 19.1 Å². The zero-order valence-corrected chi connectivity index (χ0v) is 17.6. The summed E-state index contributed by atoms with van der Waals surface area (Å²) in [6, 6.07) is 5.52. The molecular formula is C20H23N3O5S. The lowest BCUT2D eigenvalue weighted by Gasteiger charge is -2.33. The first kappa shape index (κ1) is 20.9. The highest BCUT2D eigenvalue weighted by molar-refractivity contribution is 7.98. The van der Waals surface area contributed by atoms with Crippen LogP contribution in [0.3, 0.4) is 0 Å². The van der Waals surface area contributed by atoms with Crippen molar-refractivity contribution in [3.05, 3.63) is 35.5 Å². The molecule has 8 nitrogen and oxygen atoms in total. The van der Waals surface area contributed by atoms with Crippen LogP contribution < -0.4 is 14.4 Å². The van der Waals surface area contributed by atoms with Crippen molar-refractivity contribution >= 4 is 29.3 Å². The number of thioether (sulfide) groups is 1. The van der Waals surface area contributed by atoms with Gasteiger partial charge in [0.05, 0.1) is 26.4 Å². The number of ketones is 1. The molecule has 0 spiro atoms. The average molecular weight is 417 g/mol. The summed E-state index contributed by atoms with van der Waals surface area (Å²) in [6.45, 7) is 2.50. The largest absolute Gasteiger partial charge is 0.497 e. The van der Waals surface area contributed by atoms with Gasteiger partial charge in [-0.15, -0.1) is 0 Å². The maximum Gasteiger partial charge on any atom is 0.318 e. The minimum atomic E-state index is -0.921. The van der Waals surface area contributed by atoms with Gasteiger partial charge in [0.1, 0.15) is 23.2 Å². The second-order valence-electron chi connectivity index (χ2n) is 6.32. The van der Waals surface area contributed by atoms with E-state index in [9.17, 15) is 9.59 Å². The quantitative estimate of drug-likeness (QED) is 0.292. The lowest BCUT2D eigenvalue weighted by molar-refractivity contribution is -0.145. The molecule has 0 radical (unpaired) electrons. The molecule has 2 heterocycles. The minimum absolute atomic E-state index is 0.171. The van der Waals surface area contributed by atoms with Crippen LogP contribution in [-0.2, 0) is 16.1 Å². The summed E-state index contributed by atoms with van der Waals surface area (Å²) < 4.78 is 15.9. The number of rotatable bonds is 7. The monoisotopic (exact) mass is 417 g/mol. The number of esters is 1. The molecule has 1 atom stereocenters. The molecule has 0 amide bonds. The number of carbonyl (C=O) groups is 2. The number of aromatic nitrogens is 2. The third-order valence-corrected chi connectivity index (χ3v) is 5.20. The predicted octanol–water partition coefficient (Wildman–Crippen LogP) is 2.60. The highest BCUT2D eigenvalue weighted by Crippen LogP contribution is 2.33. The summed E-state index contributed by atoms with van der Waals surface area (Å²) in [5.74, 6) is 0.0573. The van der Waals surface area contributed by atoms with Crippen molar-refractivity contribution in [2.24, 2.45) is 5.92 Å². The van der Waals surface area contributed by atoms with E-state index in [1.165, 1.54) is 18.0 Å². The van der Waals surface area contributed by atoms with Gasteiger partial charge in [0.2, 0.25) is 0 Å². The van der Waals surface area contributed by atoms with Crippen molar-refractivity contribution in [2.75, 3.05) is 38.5 Å². The molecule has 0 bridgehead atoms. The summed E-state index contributed by atoms with van der Waals surface area (Å²) in [5, 5.41) is 0.554. The fourth-order valence-electron chi connectivity index (χ4n) is 3.20. The smallest absolute Gasteiger partial charge is 0.318 e. The van der Waals surface area contributed by atoms with Crippen LogP contribution in [-0.4, -0.2) is 55.3 Å². The van der Waals surface area contributed by atoms with Crippen molar-refractivity contribution in [2.45, 2.75) is 18.6 Å². The van der Waals surface area contributed by atoms with Crippen LogP contribution in [0.25, 0.3) is 0 Å². The number of nitrogens with zero attached hydrogens (tertiary/aromatic N) is 3. The Morgan fingerprint density at radius 1 is 1.31 bits per heavy atom. The Bertz CT molecular complexity index is 921. The molecule has 29 heavy (non-hydrogen) atoms. The lowest BCUT2D eigenvalue weighted by Crippen LogP contribution is -2.44. The van der Waals surface area contributed by atoms with Gasteiger partial charge in [-0.2, -0.15) is 0 Å². The fourth-order valence-corrected chi connectivity index (χ4v) is 3.54. The molecule has 1 aromatic heterocycles. The summed E-state index contributed by atoms with van der Waals surface area (Å²) in [5.41, 5.74) is 1.19. The number of hydrogen-bond acceptors (Lipinski definition) is 9. The van der Waals surface area contributed by atoms with E-state index >= 15 is 0 Å². The van der Waals surface area contributed by atoms with Gasteiger partial charge in [-0.3, -0.25) is 9.59 Å². The Morgan fingerprint density at radius 2 is 2.10 bits per heavy atom.